The van der Waals surface area contributed by atoms with Crippen LogP contribution in [0.3, 0.4) is 0 Å². The molecule has 0 unspecified atom stereocenters. The van der Waals surface area contributed by atoms with Crippen LogP contribution in [-0.4, -0.2) is 27.0 Å². The number of hydrogen-bond acceptors (Lipinski definition) is 6. The average Bonchev–Trinajstić information content (AvgIpc) is 3.20. The van der Waals surface area contributed by atoms with Crippen molar-refractivity contribution in [2.24, 2.45) is 0 Å². The molecule has 1 aliphatic rings. The molecule has 1 aromatic carbocycles. The van der Waals surface area contributed by atoms with Gasteiger partial charge in [0.1, 0.15) is 0 Å². The van der Waals surface area contributed by atoms with E-state index in [2.05, 4.69) is 10.1 Å². The van der Waals surface area contributed by atoms with Gasteiger partial charge in [0.05, 0.1) is 11.5 Å². The molecular formula is C14H16N4O3. The van der Waals surface area contributed by atoms with Gasteiger partial charge in [-0.1, -0.05) is 23.4 Å². The van der Waals surface area contributed by atoms with E-state index in [1.165, 1.54) is 6.07 Å². The summed E-state index contributed by atoms with van der Waals surface area (Å²) < 4.78 is 5.22. The van der Waals surface area contributed by atoms with Crippen molar-refractivity contribution in [1.82, 2.24) is 15.0 Å². The molecule has 0 radical (unpaired) electrons. The molecular weight excluding hydrogens is 272 g/mol. The van der Waals surface area contributed by atoms with Crippen LogP contribution in [0.5, 0.6) is 0 Å². The zero-order valence-corrected chi connectivity index (χ0v) is 11.7. The van der Waals surface area contributed by atoms with Crippen molar-refractivity contribution >= 4 is 5.69 Å². The van der Waals surface area contributed by atoms with E-state index in [-0.39, 0.29) is 10.6 Å². The predicted octanol–water partition coefficient (Wildman–Crippen LogP) is 2.49. The number of para-hydroxylation sites is 1. The van der Waals surface area contributed by atoms with Crippen molar-refractivity contribution in [3.63, 3.8) is 0 Å². The highest BCUT2D eigenvalue weighted by atomic mass is 16.6. The molecule has 0 N–H and O–H groups in total. The van der Waals surface area contributed by atoms with Gasteiger partial charge in [-0.3, -0.25) is 15.0 Å². The quantitative estimate of drug-likeness (QED) is 0.599. The van der Waals surface area contributed by atoms with Gasteiger partial charge in [0, 0.05) is 24.1 Å². The van der Waals surface area contributed by atoms with Crippen molar-refractivity contribution in [2.75, 3.05) is 7.05 Å². The Morgan fingerprint density at radius 3 is 2.86 bits per heavy atom. The molecule has 1 saturated carbocycles. The van der Waals surface area contributed by atoms with Gasteiger partial charge in [0.15, 0.2) is 5.82 Å². The highest BCUT2D eigenvalue weighted by molar-refractivity contribution is 5.39. The number of aromatic nitrogens is 2. The number of nitro groups is 1. The maximum Gasteiger partial charge on any atom is 0.273 e. The molecule has 0 saturated heterocycles. The summed E-state index contributed by atoms with van der Waals surface area (Å²) in [6, 6.07) is 6.74. The topological polar surface area (TPSA) is 85.3 Å². The van der Waals surface area contributed by atoms with Crippen LogP contribution in [0, 0.1) is 10.1 Å². The van der Waals surface area contributed by atoms with Gasteiger partial charge in [0.25, 0.3) is 5.69 Å². The summed E-state index contributed by atoms with van der Waals surface area (Å²) in [4.78, 5) is 16.9. The van der Waals surface area contributed by atoms with Crippen LogP contribution in [0.4, 0.5) is 5.69 Å². The Morgan fingerprint density at radius 2 is 2.14 bits per heavy atom. The van der Waals surface area contributed by atoms with Gasteiger partial charge in [-0.05, 0) is 19.9 Å². The van der Waals surface area contributed by atoms with E-state index in [4.69, 9.17) is 4.52 Å². The molecule has 1 heterocycles. The zero-order valence-electron chi connectivity index (χ0n) is 11.7. The van der Waals surface area contributed by atoms with E-state index < -0.39 is 0 Å². The fourth-order valence-corrected chi connectivity index (χ4v) is 2.24. The fourth-order valence-electron chi connectivity index (χ4n) is 2.24. The van der Waals surface area contributed by atoms with E-state index in [0.29, 0.717) is 30.5 Å². The number of rotatable bonds is 6. The van der Waals surface area contributed by atoms with E-state index in [1.54, 1.807) is 18.2 Å². The van der Waals surface area contributed by atoms with Gasteiger partial charge in [-0.2, -0.15) is 4.98 Å². The Hall–Kier alpha value is -2.28. The summed E-state index contributed by atoms with van der Waals surface area (Å²) in [7, 11) is 1.87. The third-order valence-electron chi connectivity index (χ3n) is 3.46. The second-order valence-corrected chi connectivity index (χ2v) is 5.38. The lowest BCUT2D eigenvalue weighted by atomic mass is 10.1. The first kappa shape index (κ1) is 13.7. The smallest absolute Gasteiger partial charge is 0.273 e. The predicted molar refractivity (Wildman–Crippen MR) is 74.5 cm³/mol. The summed E-state index contributed by atoms with van der Waals surface area (Å²) in [6.07, 6.45) is 2.26. The first-order chi connectivity index (χ1) is 10.1. The maximum atomic E-state index is 11.0. The van der Waals surface area contributed by atoms with Gasteiger partial charge >= 0.3 is 0 Å². The molecule has 2 aromatic rings. The Kier molecular flexibility index (Phi) is 3.66. The second kappa shape index (κ2) is 5.61. The van der Waals surface area contributed by atoms with Crippen molar-refractivity contribution in [1.29, 1.82) is 0 Å². The van der Waals surface area contributed by atoms with Gasteiger partial charge < -0.3 is 4.52 Å². The minimum absolute atomic E-state index is 0.133. The Morgan fingerprint density at radius 1 is 1.38 bits per heavy atom. The lowest BCUT2D eigenvalue weighted by Gasteiger charge is -2.14. The lowest BCUT2D eigenvalue weighted by molar-refractivity contribution is -0.385. The molecule has 0 bridgehead atoms. The summed E-state index contributed by atoms with van der Waals surface area (Å²) in [5.74, 6) is 1.80. The average molecular weight is 288 g/mol. The van der Waals surface area contributed by atoms with Crippen LogP contribution in [0.1, 0.15) is 36.0 Å². The minimum atomic E-state index is -0.360. The van der Waals surface area contributed by atoms with Crippen molar-refractivity contribution < 1.29 is 9.45 Å². The summed E-state index contributed by atoms with van der Waals surface area (Å²) in [5.41, 5.74) is 0.806. The highest BCUT2D eigenvalue weighted by Gasteiger charge is 2.28. The molecule has 3 rings (SSSR count). The third kappa shape index (κ3) is 3.25. The van der Waals surface area contributed by atoms with Crippen LogP contribution in [0.2, 0.25) is 0 Å². The van der Waals surface area contributed by atoms with Crippen molar-refractivity contribution in [3.8, 4) is 0 Å². The molecule has 0 spiro atoms. The minimum Gasteiger partial charge on any atom is -0.338 e. The number of nitrogens with zero attached hydrogens (tertiary/aromatic N) is 4. The van der Waals surface area contributed by atoms with Crippen LogP contribution < -0.4 is 0 Å². The van der Waals surface area contributed by atoms with E-state index in [1.807, 2.05) is 11.9 Å². The van der Waals surface area contributed by atoms with Crippen LogP contribution in [0.25, 0.3) is 0 Å². The Bertz CT molecular complexity index is 651. The van der Waals surface area contributed by atoms with Gasteiger partial charge in [0.2, 0.25) is 5.89 Å². The molecule has 1 fully saturated rings. The molecule has 0 amide bonds. The maximum absolute atomic E-state index is 11.0. The Balaban J connectivity index is 1.65. The van der Waals surface area contributed by atoms with Crippen molar-refractivity contribution in [2.45, 2.75) is 31.8 Å². The fraction of sp³-hybridized carbons (Fsp3) is 0.429. The molecule has 1 aliphatic carbocycles. The van der Waals surface area contributed by atoms with Crippen molar-refractivity contribution in [3.05, 3.63) is 51.7 Å². The Labute approximate surface area is 121 Å². The molecule has 21 heavy (non-hydrogen) atoms. The molecule has 0 atom stereocenters. The molecule has 0 aliphatic heterocycles. The van der Waals surface area contributed by atoms with Crippen LogP contribution >= 0.6 is 0 Å². The summed E-state index contributed by atoms with van der Waals surface area (Å²) in [5, 5.41) is 15.0. The monoisotopic (exact) mass is 288 g/mol. The van der Waals surface area contributed by atoms with E-state index in [0.717, 1.165) is 18.7 Å². The first-order valence-electron chi connectivity index (χ1n) is 6.87. The summed E-state index contributed by atoms with van der Waals surface area (Å²) in [6.45, 7) is 0.935. The van der Waals surface area contributed by atoms with Gasteiger partial charge in [-0.15, -0.1) is 0 Å². The van der Waals surface area contributed by atoms with Crippen LogP contribution in [0.15, 0.2) is 28.8 Å². The van der Waals surface area contributed by atoms with E-state index in [9.17, 15) is 10.1 Å². The molecule has 7 nitrogen and oxygen atoms in total. The largest absolute Gasteiger partial charge is 0.338 e. The number of benzene rings is 1. The van der Waals surface area contributed by atoms with Gasteiger partial charge in [-0.25, -0.2) is 0 Å². The molecule has 7 heteroatoms. The normalized spacial score (nSPS) is 14.6. The highest BCUT2D eigenvalue weighted by Crippen LogP contribution is 2.38. The third-order valence-corrected chi connectivity index (χ3v) is 3.46. The standard InChI is InChI=1S/C14H16N4O3/c1-17(8-11-4-2-3-5-12(11)18(19)20)9-13-15-14(16-21-13)10-6-7-10/h2-5,10H,6-9H2,1H3. The van der Waals surface area contributed by atoms with E-state index >= 15 is 0 Å². The SMILES string of the molecule is CN(Cc1nc(C2CC2)no1)Cc1ccccc1[N+](=O)[O-]. The number of hydrogen-bond donors (Lipinski definition) is 0. The number of nitro benzene ring substituents is 1. The molecule has 110 valence electrons. The zero-order chi connectivity index (χ0) is 14.8. The lowest BCUT2D eigenvalue weighted by Crippen LogP contribution is -2.18. The summed E-state index contributed by atoms with van der Waals surface area (Å²) >= 11 is 0. The second-order valence-electron chi connectivity index (χ2n) is 5.38. The molecule has 1 aromatic heterocycles. The van der Waals surface area contributed by atoms with Crippen LogP contribution in [-0.2, 0) is 13.1 Å². The first-order valence-corrected chi connectivity index (χ1v) is 6.87.